The van der Waals surface area contributed by atoms with Crippen LogP contribution < -0.4 is 0 Å². The lowest BCUT2D eigenvalue weighted by Gasteiger charge is -2.15. The lowest BCUT2D eigenvalue weighted by atomic mass is 10.0. The summed E-state index contributed by atoms with van der Waals surface area (Å²) >= 11 is 0. The zero-order chi connectivity index (χ0) is 32.5. The number of aromatic nitrogens is 4. The van der Waals surface area contributed by atoms with Gasteiger partial charge in [-0.2, -0.15) is 0 Å². The molecular weight excluding hydrogens is 609 g/mol. The van der Waals surface area contributed by atoms with Gasteiger partial charge in [-0.3, -0.25) is 4.57 Å². The number of hydrogen-bond acceptors (Lipinski definition) is 2. The fourth-order valence-corrected chi connectivity index (χ4v) is 8.68. The fourth-order valence-electron chi connectivity index (χ4n) is 8.68. The van der Waals surface area contributed by atoms with Crippen LogP contribution >= 0.6 is 0 Å². The topological polar surface area (TPSA) is 35.1 Å². The van der Waals surface area contributed by atoms with Gasteiger partial charge in [0.05, 0.1) is 38.6 Å². The van der Waals surface area contributed by atoms with E-state index in [4.69, 9.17) is 9.97 Å². The van der Waals surface area contributed by atoms with Gasteiger partial charge in [0, 0.05) is 37.9 Å². The van der Waals surface area contributed by atoms with Gasteiger partial charge in [-0.1, -0.05) is 121 Å². The fraction of sp³-hybridized carbons (Fsp3) is 0. The van der Waals surface area contributed by atoms with Crippen molar-refractivity contribution < 1.29 is 0 Å². The van der Waals surface area contributed by atoms with E-state index in [1.54, 1.807) is 0 Å². The van der Waals surface area contributed by atoms with Crippen LogP contribution in [0.3, 0.4) is 0 Å². The molecule has 8 aromatic carbocycles. The average molecular weight is 635 g/mol. The zero-order valence-corrected chi connectivity index (χ0v) is 26.8. The largest absolute Gasteiger partial charge is 0.308 e. The molecule has 0 amide bonds. The SMILES string of the molecule is c1ccc2cc(-c3nc4ccc5ccccc5c4nc3-n3c4cccc5c6cccc7c8ccccc8n(c8cccc3c8c54)c67)ccc2c1. The Bertz CT molecular complexity index is 3380. The number of para-hydroxylation sites is 2. The standard InChI is InChI=1S/C46H26N4/c1-2-12-29-26-30(23-22-27(29)10-1)43-46(48-44-31-13-4-3-11-28(31)24-25-36(44)47-43)50-38-19-8-15-33-35-17-7-16-34-32-14-5-6-18-37(32)49(45(34)35)39-20-9-21-40(50)42(39)41(33)38/h1-26H. The molecular formula is C46H26N4. The highest BCUT2D eigenvalue weighted by Gasteiger charge is 2.24. The van der Waals surface area contributed by atoms with E-state index >= 15 is 0 Å². The summed E-state index contributed by atoms with van der Waals surface area (Å²) in [5, 5.41) is 12.1. The van der Waals surface area contributed by atoms with Crippen LogP contribution in [0, 0.1) is 0 Å². The average Bonchev–Trinajstić information content (AvgIpc) is 3.66. The molecule has 0 N–H and O–H groups in total. The predicted octanol–water partition coefficient (Wildman–Crippen LogP) is 11.9. The maximum absolute atomic E-state index is 5.62. The van der Waals surface area contributed by atoms with Crippen LogP contribution in [0.25, 0.3) is 110 Å². The maximum Gasteiger partial charge on any atom is 0.165 e. The van der Waals surface area contributed by atoms with Crippen LogP contribution in [0.4, 0.5) is 0 Å². The first-order valence-electron chi connectivity index (χ1n) is 17.1. The minimum Gasteiger partial charge on any atom is -0.308 e. The number of nitrogens with zero attached hydrogens (tertiary/aromatic N) is 4. The number of fused-ring (bicyclic) bond motifs is 9. The Balaban J connectivity index is 1.31. The monoisotopic (exact) mass is 634 g/mol. The molecule has 0 radical (unpaired) electrons. The molecule has 50 heavy (non-hydrogen) atoms. The Morgan fingerprint density at radius 3 is 1.92 bits per heavy atom. The van der Waals surface area contributed by atoms with Crippen molar-refractivity contribution in [2.24, 2.45) is 0 Å². The smallest absolute Gasteiger partial charge is 0.165 e. The van der Waals surface area contributed by atoms with E-state index in [9.17, 15) is 0 Å². The zero-order valence-electron chi connectivity index (χ0n) is 26.8. The van der Waals surface area contributed by atoms with E-state index in [0.29, 0.717) is 0 Å². The van der Waals surface area contributed by atoms with Gasteiger partial charge in [0.25, 0.3) is 0 Å². The third-order valence-corrected chi connectivity index (χ3v) is 10.8. The van der Waals surface area contributed by atoms with Gasteiger partial charge in [-0.05, 0) is 57.9 Å². The molecule has 0 saturated carbocycles. The van der Waals surface area contributed by atoms with Crippen molar-refractivity contribution >= 4 is 92.5 Å². The Labute approximate surface area is 285 Å². The van der Waals surface area contributed by atoms with Crippen LogP contribution in [0.15, 0.2) is 158 Å². The van der Waals surface area contributed by atoms with E-state index < -0.39 is 0 Å². The second-order valence-corrected chi connectivity index (χ2v) is 13.4. The van der Waals surface area contributed by atoms with Crippen molar-refractivity contribution in [1.29, 1.82) is 0 Å². The summed E-state index contributed by atoms with van der Waals surface area (Å²) in [6, 6.07) is 56.9. The normalized spacial score (nSPS) is 12.4. The quantitative estimate of drug-likeness (QED) is 0.177. The van der Waals surface area contributed by atoms with Crippen molar-refractivity contribution in [2.75, 3.05) is 0 Å². The second-order valence-electron chi connectivity index (χ2n) is 13.4. The van der Waals surface area contributed by atoms with Gasteiger partial charge >= 0.3 is 0 Å². The van der Waals surface area contributed by atoms with Gasteiger partial charge in [-0.15, -0.1) is 0 Å². The minimum atomic E-state index is 0.829. The highest BCUT2D eigenvalue weighted by atomic mass is 15.1. The van der Waals surface area contributed by atoms with Crippen LogP contribution in [0.2, 0.25) is 0 Å². The summed E-state index contributed by atoms with van der Waals surface area (Å²) in [5.74, 6) is 0.829. The molecule has 0 spiro atoms. The summed E-state index contributed by atoms with van der Waals surface area (Å²) in [6.07, 6.45) is 0. The summed E-state index contributed by atoms with van der Waals surface area (Å²) in [6.45, 7) is 0. The molecule has 0 unspecified atom stereocenters. The first kappa shape index (κ1) is 26.2. The first-order valence-corrected chi connectivity index (χ1v) is 17.1. The van der Waals surface area contributed by atoms with E-state index in [0.717, 1.165) is 49.9 Å². The van der Waals surface area contributed by atoms with Crippen molar-refractivity contribution in [3.8, 4) is 17.1 Å². The van der Waals surface area contributed by atoms with Crippen molar-refractivity contribution in [3.05, 3.63) is 158 Å². The lowest BCUT2D eigenvalue weighted by molar-refractivity contribution is 1.08. The molecule has 12 rings (SSSR count). The molecule has 0 fully saturated rings. The first-order chi connectivity index (χ1) is 24.8. The highest BCUT2D eigenvalue weighted by Crippen LogP contribution is 2.45. The van der Waals surface area contributed by atoms with Gasteiger partial charge in [0.2, 0.25) is 0 Å². The third kappa shape index (κ3) is 3.30. The van der Waals surface area contributed by atoms with Crippen molar-refractivity contribution in [2.45, 2.75) is 0 Å². The minimum absolute atomic E-state index is 0.829. The summed E-state index contributed by atoms with van der Waals surface area (Å²) in [5.41, 5.74) is 9.57. The second kappa shape index (κ2) is 9.43. The van der Waals surface area contributed by atoms with E-state index in [1.807, 2.05) is 0 Å². The van der Waals surface area contributed by atoms with Crippen LogP contribution in [0.1, 0.15) is 0 Å². The number of benzene rings is 8. The molecule has 4 nitrogen and oxygen atoms in total. The molecule has 0 bridgehead atoms. The van der Waals surface area contributed by atoms with E-state index in [2.05, 4.69) is 167 Å². The van der Waals surface area contributed by atoms with Gasteiger partial charge in [0.1, 0.15) is 5.69 Å². The van der Waals surface area contributed by atoms with Crippen LogP contribution in [-0.2, 0) is 0 Å². The number of hydrogen-bond donors (Lipinski definition) is 0. The molecule has 4 heterocycles. The molecule has 0 saturated heterocycles. The highest BCUT2D eigenvalue weighted by molar-refractivity contribution is 6.31. The summed E-state index contributed by atoms with van der Waals surface area (Å²) in [4.78, 5) is 11.1. The van der Waals surface area contributed by atoms with Crippen molar-refractivity contribution in [3.63, 3.8) is 0 Å². The van der Waals surface area contributed by atoms with Crippen LogP contribution in [-0.4, -0.2) is 18.9 Å². The third-order valence-electron chi connectivity index (χ3n) is 10.8. The lowest BCUT2D eigenvalue weighted by Crippen LogP contribution is -2.04. The van der Waals surface area contributed by atoms with Gasteiger partial charge in [-0.25, -0.2) is 9.97 Å². The van der Waals surface area contributed by atoms with Crippen LogP contribution in [0.5, 0.6) is 0 Å². The molecule has 4 aromatic heterocycles. The van der Waals surface area contributed by atoms with E-state index in [1.165, 1.54) is 59.6 Å². The molecule has 0 aliphatic rings. The maximum atomic E-state index is 5.62. The van der Waals surface area contributed by atoms with Gasteiger partial charge in [0.15, 0.2) is 5.82 Å². The molecule has 0 aliphatic heterocycles. The Morgan fingerprint density at radius 2 is 1.02 bits per heavy atom. The summed E-state index contributed by atoms with van der Waals surface area (Å²) in [7, 11) is 0. The molecule has 0 atom stereocenters. The molecule has 230 valence electrons. The Morgan fingerprint density at radius 1 is 0.400 bits per heavy atom. The molecule has 0 aliphatic carbocycles. The Kier molecular flexibility index (Phi) is 4.94. The molecule has 12 aromatic rings. The van der Waals surface area contributed by atoms with E-state index in [-0.39, 0.29) is 0 Å². The van der Waals surface area contributed by atoms with Crippen molar-refractivity contribution in [1.82, 2.24) is 18.9 Å². The molecule has 4 heteroatoms. The number of rotatable bonds is 2. The Hall–Kier alpha value is -6.78. The summed E-state index contributed by atoms with van der Waals surface area (Å²) < 4.78 is 4.85. The predicted molar refractivity (Wildman–Crippen MR) is 209 cm³/mol. The van der Waals surface area contributed by atoms with Gasteiger partial charge < -0.3 is 4.40 Å².